The molecule has 0 radical (unpaired) electrons. The van der Waals surface area contributed by atoms with E-state index in [2.05, 4.69) is 11.7 Å². The second kappa shape index (κ2) is 15.1. The second-order valence-corrected chi connectivity index (χ2v) is 11.9. The average Bonchev–Trinajstić information content (AvgIpc) is 3.25. The van der Waals surface area contributed by atoms with Crippen molar-refractivity contribution in [3.05, 3.63) is 48.0 Å². The van der Waals surface area contributed by atoms with Gasteiger partial charge in [-0.2, -0.15) is 13.2 Å². The summed E-state index contributed by atoms with van der Waals surface area (Å²) in [5.74, 6) is -2.09. The zero-order valence-corrected chi connectivity index (χ0v) is 25.8. The van der Waals surface area contributed by atoms with Gasteiger partial charge in [-0.15, -0.1) is 13.2 Å². The molecule has 0 aliphatic heterocycles. The third-order valence-corrected chi connectivity index (χ3v) is 6.98. The maximum atomic E-state index is 13.5. The van der Waals surface area contributed by atoms with Gasteiger partial charge in [-0.05, 0) is 54.7 Å². The lowest BCUT2D eigenvalue weighted by Crippen LogP contribution is -2.27. The highest BCUT2D eigenvalue weighted by molar-refractivity contribution is 5.89. The summed E-state index contributed by atoms with van der Waals surface area (Å²) in [6.07, 6.45) is -7.13. The van der Waals surface area contributed by atoms with Gasteiger partial charge in [0, 0.05) is 29.5 Å². The Kier molecular flexibility index (Phi) is 12.0. The Morgan fingerprint density at radius 1 is 0.909 bits per heavy atom. The number of esters is 1. The van der Waals surface area contributed by atoms with Crippen LogP contribution in [0.25, 0.3) is 22.2 Å². The lowest BCUT2D eigenvalue weighted by atomic mass is 10.0. The summed E-state index contributed by atoms with van der Waals surface area (Å²) in [6, 6.07) is 11.6. The Morgan fingerprint density at radius 2 is 1.64 bits per heavy atom. The first-order chi connectivity index (χ1) is 20.6. The molecule has 2 aromatic carbocycles. The van der Waals surface area contributed by atoms with Gasteiger partial charge < -0.3 is 18.8 Å². The molecule has 1 atom stereocenters. The topological polar surface area (TPSA) is 49.7 Å². The van der Waals surface area contributed by atoms with Crippen LogP contribution in [0.1, 0.15) is 65.9 Å². The Morgan fingerprint density at radius 3 is 2.25 bits per heavy atom. The molecule has 0 aliphatic carbocycles. The number of aryl methyl sites for hydroxylation is 1. The number of hydrogen-bond donors (Lipinski definition) is 0. The van der Waals surface area contributed by atoms with E-state index in [-0.39, 0.29) is 29.6 Å². The Labute approximate surface area is 254 Å². The van der Waals surface area contributed by atoms with Crippen LogP contribution >= 0.6 is 0 Å². The number of ether oxygens (including phenoxy) is 3. The van der Waals surface area contributed by atoms with E-state index in [0.717, 1.165) is 30.2 Å². The molecule has 0 spiro atoms. The van der Waals surface area contributed by atoms with E-state index in [9.17, 15) is 31.1 Å². The molecule has 3 aromatic rings. The highest BCUT2D eigenvalue weighted by Gasteiger charge is 2.34. The normalized spacial score (nSPS) is 13.1. The molecule has 0 saturated heterocycles. The molecule has 3 rings (SSSR count). The van der Waals surface area contributed by atoms with Gasteiger partial charge in [0.05, 0.1) is 36.8 Å². The summed E-state index contributed by atoms with van der Waals surface area (Å²) in [5, 5.41) is 0.718. The highest BCUT2D eigenvalue weighted by atomic mass is 19.4. The lowest BCUT2D eigenvalue weighted by molar-refractivity contribution is -0.274. The minimum Gasteiger partial charge on any atom is -0.493 e. The maximum Gasteiger partial charge on any atom is 0.573 e. The van der Waals surface area contributed by atoms with Gasteiger partial charge in [-0.3, -0.25) is 4.79 Å². The van der Waals surface area contributed by atoms with Crippen molar-refractivity contribution in [3.63, 3.8) is 0 Å². The predicted octanol–water partition coefficient (Wildman–Crippen LogP) is 9.74. The maximum absolute atomic E-state index is 13.5. The molecule has 1 unspecified atom stereocenters. The van der Waals surface area contributed by atoms with Gasteiger partial charge >= 0.3 is 18.5 Å². The monoisotopic (exact) mass is 629 g/mol. The number of rotatable bonds is 15. The summed E-state index contributed by atoms with van der Waals surface area (Å²) < 4.78 is 97.3. The molecule has 44 heavy (non-hydrogen) atoms. The molecule has 0 N–H and O–H groups in total. The fraction of sp³-hybridized carbons (Fsp3) is 0.545. The number of nitrogens with zero attached hydrogens (tertiary/aromatic N) is 1. The van der Waals surface area contributed by atoms with Crippen LogP contribution in [0.4, 0.5) is 26.3 Å². The molecule has 1 heterocycles. The number of alkyl halides is 6. The number of aromatic nitrogens is 1. The van der Waals surface area contributed by atoms with Crippen molar-refractivity contribution in [3.8, 4) is 22.8 Å². The molecule has 244 valence electrons. The first-order valence-corrected chi connectivity index (χ1v) is 14.9. The number of carbonyl (C=O) groups is 1. The van der Waals surface area contributed by atoms with Crippen molar-refractivity contribution in [2.24, 2.45) is 17.8 Å². The van der Waals surface area contributed by atoms with Crippen LogP contribution in [0, 0.1) is 17.8 Å². The third-order valence-electron chi connectivity index (χ3n) is 6.98. The van der Waals surface area contributed by atoms with Gasteiger partial charge in [0.2, 0.25) is 0 Å². The minimum atomic E-state index is -4.89. The largest absolute Gasteiger partial charge is 0.573 e. The van der Waals surface area contributed by atoms with Crippen molar-refractivity contribution in [2.45, 2.75) is 85.8 Å². The second-order valence-electron chi connectivity index (χ2n) is 11.9. The highest BCUT2D eigenvalue weighted by Crippen LogP contribution is 2.39. The Hall–Kier alpha value is -3.37. The number of carbonyl (C=O) groups excluding carboxylic acids is 1. The Bertz CT molecular complexity index is 1380. The molecule has 5 nitrogen and oxygen atoms in total. The van der Waals surface area contributed by atoms with Gasteiger partial charge in [0.15, 0.2) is 0 Å². The average molecular weight is 630 g/mol. The summed E-state index contributed by atoms with van der Waals surface area (Å²) in [7, 11) is 0. The van der Waals surface area contributed by atoms with E-state index in [4.69, 9.17) is 9.47 Å². The number of fused-ring (bicyclic) bond motifs is 1. The van der Waals surface area contributed by atoms with Gasteiger partial charge in [0.1, 0.15) is 11.5 Å². The first-order valence-electron chi connectivity index (χ1n) is 14.9. The summed E-state index contributed by atoms with van der Waals surface area (Å²) >= 11 is 0. The van der Waals surface area contributed by atoms with E-state index in [0.29, 0.717) is 24.2 Å². The molecule has 1 aromatic heterocycles. The lowest BCUT2D eigenvalue weighted by Gasteiger charge is -2.20. The van der Waals surface area contributed by atoms with Gasteiger partial charge in [-0.25, -0.2) is 0 Å². The van der Waals surface area contributed by atoms with Crippen molar-refractivity contribution in [1.29, 1.82) is 0 Å². The van der Waals surface area contributed by atoms with Crippen LogP contribution in [-0.4, -0.2) is 36.3 Å². The molecule has 0 amide bonds. The smallest absolute Gasteiger partial charge is 0.493 e. The van der Waals surface area contributed by atoms with E-state index in [1.165, 1.54) is 6.07 Å². The molecular weight excluding hydrogens is 588 g/mol. The number of benzene rings is 2. The van der Waals surface area contributed by atoms with Crippen molar-refractivity contribution >= 4 is 16.9 Å². The molecule has 0 aliphatic rings. The van der Waals surface area contributed by atoms with Gasteiger partial charge in [-0.1, -0.05) is 53.5 Å². The van der Waals surface area contributed by atoms with E-state index < -0.39 is 43.4 Å². The molecular formula is C33H41F6NO4. The quantitative estimate of drug-likeness (QED) is 0.0954. The van der Waals surface area contributed by atoms with E-state index in [1.54, 1.807) is 44.2 Å². The minimum absolute atomic E-state index is 0.112. The predicted molar refractivity (Wildman–Crippen MR) is 158 cm³/mol. The number of hydrogen-bond acceptors (Lipinski definition) is 4. The van der Waals surface area contributed by atoms with Crippen LogP contribution in [0.3, 0.4) is 0 Å². The molecule has 0 bridgehead atoms. The molecule has 11 heteroatoms. The van der Waals surface area contributed by atoms with Crippen LogP contribution in [0.15, 0.2) is 42.5 Å². The third kappa shape index (κ3) is 10.7. The zero-order chi connectivity index (χ0) is 32.7. The van der Waals surface area contributed by atoms with Crippen LogP contribution < -0.4 is 9.47 Å². The summed E-state index contributed by atoms with van der Waals surface area (Å²) in [5.41, 5.74) is 2.18. The first kappa shape index (κ1) is 35.1. The van der Waals surface area contributed by atoms with Crippen molar-refractivity contribution in [2.75, 3.05) is 13.2 Å². The van der Waals surface area contributed by atoms with Crippen LogP contribution in [-0.2, 0) is 22.5 Å². The number of halogens is 6. The molecule has 0 saturated carbocycles. The fourth-order valence-electron chi connectivity index (χ4n) is 4.91. The van der Waals surface area contributed by atoms with E-state index in [1.807, 2.05) is 24.5 Å². The number of unbranched alkanes of at least 4 members (excludes halogenated alkanes) is 2. The fourth-order valence-corrected chi connectivity index (χ4v) is 4.91. The Balaban J connectivity index is 1.98. The zero-order valence-electron chi connectivity index (χ0n) is 25.8. The summed E-state index contributed by atoms with van der Waals surface area (Å²) in [4.78, 5) is 11.8. The SMILES string of the molecule is CCCCCc1ccc(-c2cc3ccc(OCC(COC(=O)C(C)C)CC(F)(F)F)cc3n2CC(C)C)c(OC(F)(F)F)c1. The van der Waals surface area contributed by atoms with Crippen molar-refractivity contribution in [1.82, 2.24) is 4.57 Å². The van der Waals surface area contributed by atoms with Gasteiger partial charge in [0.25, 0.3) is 0 Å². The standard InChI is InChI=1S/C33H41F6NO4/c1-6-7-8-9-23-10-13-27(30(14-23)44-33(37,38)39)29-15-25-11-12-26(16-28(25)40(29)18-21(2)3)42-19-24(17-32(34,35)36)20-43-31(41)22(4)5/h10-16,21-22,24H,6-9,17-20H2,1-5H3. The summed E-state index contributed by atoms with van der Waals surface area (Å²) in [6.45, 7) is 8.84. The van der Waals surface area contributed by atoms with Crippen LogP contribution in [0.5, 0.6) is 11.5 Å². The van der Waals surface area contributed by atoms with Crippen LogP contribution in [0.2, 0.25) is 0 Å². The van der Waals surface area contributed by atoms with E-state index >= 15 is 0 Å². The van der Waals surface area contributed by atoms with Crippen molar-refractivity contribution < 1.29 is 45.3 Å². The molecule has 0 fully saturated rings.